The average molecular weight is 448 g/mol. The van der Waals surface area contributed by atoms with Crippen LogP contribution in [0.5, 0.6) is 5.75 Å². The van der Waals surface area contributed by atoms with E-state index in [-0.39, 0.29) is 24.0 Å². The lowest BCUT2D eigenvalue weighted by molar-refractivity contribution is -0.149. The van der Waals surface area contributed by atoms with Crippen LogP contribution in [-0.4, -0.2) is 52.6 Å². The molecular weight excluding hydrogens is 422 g/mol. The number of sulfonamides is 1. The van der Waals surface area contributed by atoms with Gasteiger partial charge in [-0.05, 0) is 49.2 Å². The fraction of sp³-hybridized carbons (Fsp3) is 0.333. The topological polar surface area (TPSA) is 128 Å². The number of esters is 1. The van der Waals surface area contributed by atoms with E-state index >= 15 is 0 Å². The molecule has 0 aliphatic carbocycles. The molecule has 9 nitrogen and oxygen atoms in total. The van der Waals surface area contributed by atoms with Gasteiger partial charge in [-0.15, -0.1) is 0 Å². The van der Waals surface area contributed by atoms with Gasteiger partial charge in [0.25, 0.3) is 0 Å². The zero-order chi connectivity index (χ0) is 22.6. The largest absolute Gasteiger partial charge is 0.491 e. The van der Waals surface area contributed by atoms with E-state index in [4.69, 9.17) is 14.6 Å². The van der Waals surface area contributed by atoms with Crippen molar-refractivity contribution < 1.29 is 27.5 Å². The molecule has 3 N–H and O–H groups in total. The van der Waals surface area contributed by atoms with Crippen molar-refractivity contribution in [1.29, 1.82) is 0 Å². The highest BCUT2D eigenvalue weighted by molar-refractivity contribution is 7.89. The number of para-hydroxylation sites is 1. The molecule has 0 fully saturated rings. The SMILES string of the molecule is COC(=O)C(C)(COc1ccccc1)NCC(=O)N1CCc2cc(S(N)(=O)=O)ccc21. The third-order valence-corrected chi connectivity index (χ3v) is 6.02. The van der Waals surface area contributed by atoms with Crippen LogP contribution in [0.25, 0.3) is 0 Å². The molecule has 1 aliphatic rings. The van der Waals surface area contributed by atoms with Gasteiger partial charge in [-0.3, -0.25) is 10.1 Å². The molecule has 10 heteroatoms. The summed E-state index contributed by atoms with van der Waals surface area (Å²) in [5.74, 6) is -0.238. The number of carbonyl (C=O) groups excluding carboxylic acids is 2. The smallest absolute Gasteiger partial charge is 0.329 e. The molecule has 0 saturated carbocycles. The summed E-state index contributed by atoms with van der Waals surface area (Å²) in [4.78, 5) is 26.8. The number of ether oxygens (including phenoxy) is 2. The van der Waals surface area contributed by atoms with E-state index in [2.05, 4.69) is 5.32 Å². The predicted octanol–water partition coefficient (Wildman–Crippen LogP) is 0.823. The molecule has 0 saturated heterocycles. The molecule has 1 amide bonds. The van der Waals surface area contributed by atoms with Gasteiger partial charge in [0.05, 0.1) is 18.6 Å². The van der Waals surface area contributed by atoms with Crippen LogP contribution < -0.4 is 20.1 Å². The number of nitrogens with two attached hydrogens (primary N) is 1. The summed E-state index contributed by atoms with van der Waals surface area (Å²) < 4.78 is 33.7. The van der Waals surface area contributed by atoms with Crippen molar-refractivity contribution >= 4 is 27.6 Å². The lowest BCUT2D eigenvalue weighted by atomic mass is 10.0. The number of amides is 1. The Bertz CT molecular complexity index is 1070. The normalized spacial score (nSPS) is 15.1. The Morgan fingerprint density at radius 3 is 2.55 bits per heavy atom. The third kappa shape index (κ3) is 5.22. The number of rotatable bonds is 8. The average Bonchev–Trinajstić information content (AvgIpc) is 3.19. The van der Waals surface area contributed by atoms with Gasteiger partial charge in [0.15, 0.2) is 0 Å². The van der Waals surface area contributed by atoms with E-state index in [1.807, 2.05) is 18.2 Å². The van der Waals surface area contributed by atoms with Crippen molar-refractivity contribution in [1.82, 2.24) is 5.32 Å². The molecule has 0 radical (unpaired) electrons. The summed E-state index contributed by atoms with van der Waals surface area (Å²) >= 11 is 0. The summed E-state index contributed by atoms with van der Waals surface area (Å²) in [6.45, 7) is 1.83. The van der Waals surface area contributed by atoms with E-state index in [1.165, 1.54) is 19.2 Å². The van der Waals surface area contributed by atoms with Crippen molar-refractivity contribution in [3.05, 3.63) is 54.1 Å². The Hall–Kier alpha value is -2.95. The van der Waals surface area contributed by atoms with Crippen LogP contribution >= 0.6 is 0 Å². The number of hydrogen-bond acceptors (Lipinski definition) is 7. The van der Waals surface area contributed by atoms with Crippen molar-refractivity contribution in [2.75, 3.05) is 31.7 Å². The molecule has 1 atom stereocenters. The summed E-state index contributed by atoms with van der Waals surface area (Å²) in [5, 5.41) is 8.13. The van der Waals surface area contributed by atoms with Gasteiger partial charge in [-0.1, -0.05) is 18.2 Å². The minimum Gasteiger partial charge on any atom is -0.491 e. The highest BCUT2D eigenvalue weighted by Crippen LogP contribution is 2.30. The van der Waals surface area contributed by atoms with Crippen molar-refractivity contribution in [3.8, 4) is 5.75 Å². The maximum atomic E-state index is 12.8. The van der Waals surface area contributed by atoms with E-state index in [9.17, 15) is 18.0 Å². The first kappa shape index (κ1) is 22.7. The van der Waals surface area contributed by atoms with Crippen LogP contribution in [0, 0.1) is 0 Å². The zero-order valence-corrected chi connectivity index (χ0v) is 18.1. The number of nitrogens with one attached hydrogen (secondary N) is 1. The molecule has 3 rings (SSSR count). The van der Waals surface area contributed by atoms with Crippen molar-refractivity contribution in [3.63, 3.8) is 0 Å². The van der Waals surface area contributed by atoms with Crippen LogP contribution in [0.15, 0.2) is 53.4 Å². The van der Waals surface area contributed by atoms with Crippen LogP contribution in [-0.2, 0) is 30.8 Å². The second-order valence-electron chi connectivity index (χ2n) is 7.41. The molecule has 166 valence electrons. The van der Waals surface area contributed by atoms with Crippen molar-refractivity contribution in [2.45, 2.75) is 23.8 Å². The van der Waals surface area contributed by atoms with E-state index < -0.39 is 21.5 Å². The first-order chi connectivity index (χ1) is 14.6. The maximum Gasteiger partial charge on any atom is 0.329 e. The minimum absolute atomic E-state index is 0.00926. The first-order valence-corrected chi connectivity index (χ1v) is 11.2. The van der Waals surface area contributed by atoms with E-state index in [0.717, 1.165) is 5.56 Å². The number of carbonyl (C=O) groups is 2. The maximum absolute atomic E-state index is 12.8. The first-order valence-electron chi connectivity index (χ1n) is 9.61. The molecule has 0 spiro atoms. The fourth-order valence-electron chi connectivity index (χ4n) is 3.33. The molecule has 1 heterocycles. The molecule has 1 aliphatic heterocycles. The number of methoxy groups -OCH3 is 1. The van der Waals surface area contributed by atoms with Gasteiger partial charge >= 0.3 is 5.97 Å². The van der Waals surface area contributed by atoms with Crippen LogP contribution in [0.3, 0.4) is 0 Å². The summed E-state index contributed by atoms with van der Waals surface area (Å²) in [5.41, 5.74) is 0.0998. The monoisotopic (exact) mass is 447 g/mol. The Labute approximate surface area is 181 Å². The molecule has 0 aromatic heterocycles. The lowest BCUT2D eigenvalue weighted by Crippen LogP contribution is -2.57. The second kappa shape index (κ2) is 9.04. The molecule has 1 unspecified atom stereocenters. The van der Waals surface area contributed by atoms with Gasteiger partial charge in [0.2, 0.25) is 15.9 Å². The van der Waals surface area contributed by atoms with Crippen LogP contribution in [0.1, 0.15) is 12.5 Å². The molecular formula is C21H25N3O6S. The molecule has 31 heavy (non-hydrogen) atoms. The number of anilines is 1. The molecule has 0 bridgehead atoms. The third-order valence-electron chi connectivity index (χ3n) is 5.11. The fourth-order valence-corrected chi connectivity index (χ4v) is 3.90. The highest BCUT2D eigenvalue weighted by atomic mass is 32.2. The number of hydrogen-bond donors (Lipinski definition) is 2. The number of nitrogens with zero attached hydrogens (tertiary/aromatic N) is 1. The zero-order valence-electron chi connectivity index (χ0n) is 17.3. The van der Waals surface area contributed by atoms with Gasteiger partial charge in [-0.25, -0.2) is 18.4 Å². The highest BCUT2D eigenvalue weighted by Gasteiger charge is 2.37. The van der Waals surface area contributed by atoms with E-state index in [1.54, 1.807) is 30.0 Å². The minimum atomic E-state index is -3.81. The molecule has 2 aromatic carbocycles. The number of primary sulfonamides is 1. The Morgan fingerprint density at radius 1 is 1.19 bits per heavy atom. The quantitative estimate of drug-likeness (QED) is 0.574. The van der Waals surface area contributed by atoms with Crippen LogP contribution in [0.4, 0.5) is 5.69 Å². The summed E-state index contributed by atoms with van der Waals surface area (Å²) in [7, 11) is -2.54. The summed E-state index contributed by atoms with van der Waals surface area (Å²) in [6.07, 6.45) is 0.510. The Kier molecular flexibility index (Phi) is 6.63. The number of fused-ring (bicyclic) bond motifs is 1. The van der Waals surface area contributed by atoms with E-state index in [0.29, 0.717) is 24.4 Å². The van der Waals surface area contributed by atoms with Gasteiger partial charge in [0.1, 0.15) is 17.9 Å². The van der Waals surface area contributed by atoms with Crippen LogP contribution in [0.2, 0.25) is 0 Å². The predicted molar refractivity (Wildman–Crippen MR) is 114 cm³/mol. The van der Waals surface area contributed by atoms with Crippen molar-refractivity contribution in [2.24, 2.45) is 5.14 Å². The molecule has 2 aromatic rings. The Morgan fingerprint density at radius 2 is 1.90 bits per heavy atom. The standard InChI is InChI=1S/C21H25N3O6S/c1-21(20(26)29-2,14-30-16-6-4-3-5-7-16)23-13-19(25)24-11-10-15-12-17(31(22,27)28)8-9-18(15)24/h3-9,12,23H,10-11,13-14H2,1-2H3,(H2,22,27,28). The lowest BCUT2D eigenvalue weighted by Gasteiger charge is -2.29. The van der Waals surface area contributed by atoms with Gasteiger partial charge in [0, 0.05) is 12.2 Å². The number of benzene rings is 2. The summed E-state index contributed by atoms with van der Waals surface area (Å²) in [6, 6.07) is 13.4. The van der Waals surface area contributed by atoms with Gasteiger partial charge < -0.3 is 14.4 Å². The van der Waals surface area contributed by atoms with Gasteiger partial charge in [-0.2, -0.15) is 0 Å². The second-order valence-corrected chi connectivity index (χ2v) is 8.97. The Balaban J connectivity index is 1.69.